The van der Waals surface area contributed by atoms with Crippen LogP contribution in [0.3, 0.4) is 0 Å². The van der Waals surface area contributed by atoms with Gasteiger partial charge in [0.2, 0.25) is 0 Å². The van der Waals surface area contributed by atoms with Gasteiger partial charge in [0.25, 0.3) is 5.91 Å². The smallest absolute Gasteiger partial charge is 0.252 e. The van der Waals surface area contributed by atoms with Crippen LogP contribution in [0.2, 0.25) is 0 Å². The van der Waals surface area contributed by atoms with Gasteiger partial charge < -0.3 is 15.5 Å². The lowest BCUT2D eigenvalue weighted by molar-refractivity contribution is 0.0953. The average molecular weight is 572 g/mol. The monoisotopic (exact) mass is 572 g/mol. The van der Waals surface area contributed by atoms with Crippen molar-refractivity contribution in [1.29, 1.82) is 0 Å². The Kier molecular flexibility index (Phi) is 10.9. The molecule has 1 aliphatic heterocycles. The standard InChI is InChI=1S/C23H30F2N6O.HI/c1-3-21(19-7-6-18(24)15-20(19)25)30-11-13-31(14-12-30)23(26-2)29-10-9-28-22(32)17-5-4-8-27-16-17;/h4-8,15-16,21H,3,9-14H2,1-2H3,(H,26,29)(H,28,32);1H. The van der Waals surface area contributed by atoms with E-state index in [9.17, 15) is 13.6 Å². The molecule has 7 nitrogen and oxygen atoms in total. The molecule has 0 bridgehead atoms. The molecule has 0 saturated carbocycles. The largest absolute Gasteiger partial charge is 0.354 e. The van der Waals surface area contributed by atoms with E-state index in [0.29, 0.717) is 24.2 Å². The highest BCUT2D eigenvalue weighted by Gasteiger charge is 2.27. The summed E-state index contributed by atoms with van der Waals surface area (Å²) in [5, 5.41) is 6.13. The number of aliphatic imine (C=N–C) groups is 1. The van der Waals surface area contributed by atoms with Gasteiger partial charge in [-0.3, -0.25) is 19.7 Å². The number of pyridine rings is 1. The van der Waals surface area contributed by atoms with E-state index in [1.807, 2.05) is 6.92 Å². The molecule has 1 saturated heterocycles. The van der Waals surface area contributed by atoms with Crippen molar-refractivity contribution in [3.05, 3.63) is 65.5 Å². The van der Waals surface area contributed by atoms with Gasteiger partial charge in [-0.05, 0) is 24.6 Å². The Bertz CT molecular complexity index is 922. The molecule has 1 aromatic carbocycles. The Labute approximate surface area is 210 Å². The lowest BCUT2D eigenvalue weighted by Crippen LogP contribution is -2.53. The van der Waals surface area contributed by atoms with Crippen molar-refractivity contribution in [2.75, 3.05) is 46.3 Å². The Morgan fingerprint density at radius 1 is 1.15 bits per heavy atom. The molecule has 0 spiro atoms. The molecular formula is C23H31F2IN6O. The van der Waals surface area contributed by atoms with Crippen LogP contribution in [0.1, 0.15) is 35.3 Å². The van der Waals surface area contributed by atoms with Gasteiger partial charge in [0.15, 0.2) is 5.96 Å². The van der Waals surface area contributed by atoms with E-state index in [1.165, 1.54) is 12.3 Å². The molecule has 33 heavy (non-hydrogen) atoms. The van der Waals surface area contributed by atoms with Crippen LogP contribution in [0.25, 0.3) is 0 Å². The third kappa shape index (κ3) is 7.32. The van der Waals surface area contributed by atoms with Gasteiger partial charge in [-0.2, -0.15) is 0 Å². The SMILES string of the molecule is CCC(c1ccc(F)cc1F)N1CCN(C(=NC)NCCNC(=O)c2cccnc2)CC1.I. The fourth-order valence-corrected chi connectivity index (χ4v) is 3.97. The molecule has 1 aromatic heterocycles. The summed E-state index contributed by atoms with van der Waals surface area (Å²) in [6.45, 7) is 5.97. The van der Waals surface area contributed by atoms with E-state index in [-0.39, 0.29) is 35.9 Å². The van der Waals surface area contributed by atoms with Crippen LogP contribution in [-0.4, -0.2) is 73.0 Å². The van der Waals surface area contributed by atoms with Crippen LogP contribution in [-0.2, 0) is 0 Å². The van der Waals surface area contributed by atoms with Crippen molar-refractivity contribution < 1.29 is 13.6 Å². The van der Waals surface area contributed by atoms with E-state index < -0.39 is 11.6 Å². The topological polar surface area (TPSA) is 72.9 Å². The van der Waals surface area contributed by atoms with Gasteiger partial charge in [-0.1, -0.05) is 13.0 Å². The first kappa shape index (κ1) is 26.9. The lowest BCUT2D eigenvalue weighted by Gasteiger charge is -2.40. The summed E-state index contributed by atoms with van der Waals surface area (Å²) >= 11 is 0. The molecule has 1 unspecified atom stereocenters. The fraction of sp³-hybridized carbons (Fsp3) is 0.435. The Balaban J connectivity index is 0.00000385. The second-order valence-electron chi connectivity index (χ2n) is 7.58. The third-order valence-electron chi connectivity index (χ3n) is 5.59. The second-order valence-corrected chi connectivity index (χ2v) is 7.58. The maximum atomic E-state index is 14.3. The van der Waals surface area contributed by atoms with Crippen LogP contribution < -0.4 is 10.6 Å². The summed E-state index contributed by atoms with van der Waals surface area (Å²) < 4.78 is 27.6. The quantitative estimate of drug-likeness (QED) is 0.231. The van der Waals surface area contributed by atoms with Crippen LogP contribution in [0, 0.1) is 11.6 Å². The molecule has 1 amide bonds. The number of nitrogens with zero attached hydrogens (tertiary/aromatic N) is 4. The number of guanidine groups is 1. The van der Waals surface area contributed by atoms with E-state index in [1.54, 1.807) is 31.4 Å². The number of halogens is 3. The van der Waals surface area contributed by atoms with Gasteiger partial charge in [0.1, 0.15) is 11.6 Å². The highest BCUT2D eigenvalue weighted by Crippen LogP contribution is 2.28. The molecule has 10 heteroatoms. The number of hydrogen-bond acceptors (Lipinski definition) is 4. The molecule has 3 rings (SSSR count). The molecule has 2 aromatic rings. The number of rotatable bonds is 7. The van der Waals surface area contributed by atoms with E-state index in [4.69, 9.17) is 0 Å². The van der Waals surface area contributed by atoms with Gasteiger partial charge in [0.05, 0.1) is 5.56 Å². The summed E-state index contributed by atoms with van der Waals surface area (Å²) in [5.41, 5.74) is 1.06. The minimum absolute atomic E-state index is 0. The summed E-state index contributed by atoms with van der Waals surface area (Å²) in [4.78, 5) is 24.7. The average Bonchev–Trinajstić information content (AvgIpc) is 2.82. The van der Waals surface area contributed by atoms with Crippen molar-refractivity contribution in [1.82, 2.24) is 25.4 Å². The minimum Gasteiger partial charge on any atom is -0.354 e. The first-order valence-corrected chi connectivity index (χ1v) is 10.9. The molecule has 0 aliphatic carbocycles. The highest BCUT2D eigenvalue weighted by atomic mass is 127. The zero-order chi connectivity index (χ0) is 22.9. The summed E-state index contributed by atoms with van der Waals surface area (Å²) in [6.07, 6.45) is 3.90. The number of hydrogen-bond donors (Lipinski definition) is 2. The van der Waals surface area contributed by atoms with Crippen LogP contribution in [0.4, 0.5) is 8.78 Å². The van der Waals surface area contributed by atoms with E-state index in [0.717, 1.165) is 44.6 Å². The van der Waals surface area contributed by atoms with E-state index in [2.05, 4.69) is 30.4 Å². The van der Waals surface area contributed by atoms with Crippen LogP contribution in [0.15, 0.2) is 47.7 Å². The number of carbonyl (C=O) groups excluding carboxylic acids is 1. The molecule has 2 heterocycles. The van der Waals surface area contributed by atoms with E-state index >= 15 is 0 Å². The predicted octanol–water partition coefficient (Wildman–Crippen LogP) is 3.05. The molecule has 1 atom stereocenters. The molecule has 1 fully saturated rings. The number of nitrogens with one attached hydrogen (secondary N) is 2. The van der Waals surface area contributed by atoms with Crippen molar-refractivity contribution in [2.45, 2.75) is 19.4 Å². The number of benzene rings is 1. The first-order valence-electron chi connectivity index (χ1n) is 10.9. The molecule has 0 radical (unpaired) electrons. The maximum absolute atomic E-state index is 14.3. The van der Waals surface area contributed by atoms with Crippen molar-refractivity contribution >= 4 is 35.8 Å². The third-order valence-corrected chi connectivity index (χ3v) is 5.59. The van der Waals surface area contributed by atoms with Crippen LogP contribution >= 0.6 is 24.0 Å². The van der Waals surface area contributed by atoms with Gasteiger partial charge in [-0.25, -0.2) is 8.78 Å². The van der Waals surface area contributed by atoms with Crippen molar-refractivity contribution in [2.24, 2.45) is 4.99 Å². The Morgan fingerprint density at radius 2 is 1.88 bits per heavy atom. The van der Waals surface area contributed by atoms with Gasteiger partial charge in [0, 0.05) is 76.4 Å². The second kappa shape index (κ2) is 13.4. The molecule has 1 aliphatic rings. The predicted molar refractivity (Wildman–Crippen MR) is 136 cm³/mol. The summed E-state index contributed by atoms with van der Waals surface area (Å²) in [5.74, 6) is -0.453. The van der Waals surface area contributed by atoms with Crippen molar-refractivity contribution in [3.63, 3.8) is 0 Å². The minimum atomic E-state index is -0.558. The lowest BCUT2D eigenvalue weighted by atomic mass is 10.0. The summed E-state index contributed by atoms with van der Waals surface area (Å²) in [7, 11) is 1.73. The highest BCUT2D eigenvalue weighted by molar-refractivity contribution is 14.0. The zero-order valence-corrected chi connectivity index (χ0v) is 21.3. The normalized spacial score (nSPS) is 15.5. The zero-order valence-electron chi connectivity index (χ0n) is 18.9. The van der Waals surface area contributed by atoms with Gasteiger partial charge in [-0.15, -0.1) is 24.0 Å². The molecule has 180 valence electrons. The first-order chi connectivity index (χ1) is 15.5. The number of piperazine rings is 1. The molecular weight excluding hydrogens is 541 g/mol. The van der Waals surface area contributed by atoms with Crippen molar-refractivity contribution in [3.8, 4) is 0 Å². The molecule has 2 N–H and O–H groups in total. The number of carbonyl (C=O) groups is 1. The van der Waals surface area contributed by atoms with Crippen LogP contribution in [0.5, 0.6) is 0 Å². The number of aromatic nitrogens is 1. The maximum Gasteiger partial charge on any atom is 0.252 e. The van der Waals surface area contributed by atoms with Gasteiger partial charge >= 0.3 is 0 Å². The summed E-state index contributed by atoms with van der Waals surface area (Å²) in [6, 6.07) is 7.17. The fourth-order valence-electron chi connectivity index (χ4n) is 3.97. The Morgan fingerprint density at radius 3 is 2.48 bits per heavy atom. The number of amides is 1. The Hall–Kier alpha value is -2.34.